The number of benzene rings is 1. The van der Waals surface area contributed by atoms with Crippen LogP contribution in [-0.4, -0.2) is 13.2 Å². The third-order valence-corrected chi connectivity index (χ3v) is 6.55. The average molecular weight is 336 g/mol. The molecule has 3 fully saturated rings. The maximum absolute atomic E-state index is 5.30. The van der Waals surface area contributed by atoms with E-state index < -0.39 is 0 Å². The molecule has 1 N–H and O–H groups in total. The zero-order chi connectivity index (χ0) is 13.7. The van der Waals surface area contributed by atoms with Crippen LogP contribution in [0.15, 0.2) is 22.7 Å². The molecule has 0 radical (unpaired) electrons. The molecule has 0 heterocycles. The fourth-order valence-electron chi connectivity index (χ4n) is 5.20. The second-order valence-corrected chi connectivity index (χ2v) is 7.61. The minimum absolute atomic E-state index is 0.694. The Morgan fingerprint density at radius 1 is 1.15 bits per heavy atom. The predicted molar refractivity (Wildman–Crippen MR) is 85.1 cm³/mol. The van der Waals surface area contributed by atoms with Crippen LogP contribution >= 0.6 is 15.9 Å². The minimum Gasteiger partial charge on any atom is -0.496 e. The van der Waals surface area contributed by atoms with Crippen molar-refractivity contribution in [2.24, 2.45) is 23.7 Å². The maximum atomic E-state index is 5.30. The molecule has 2 bridgehead atoms. The van der Waals surface area contributed by atoms with Crippen LogP contribution in [0.5, 0.6) is 5.75 Å². The van der Waals surface area contributed by atoms with E-state index in [0.29, 0.717) is 6.04 Å². The van der Waals surface area contributed by atoms with Gasteiger partial charge in [0.15, 0.2) is 0 Å². The maximum Gasteiger partial charge on any atom is 0.133 e. The van der Waals surface area contributed by atoms with Crippen LogP contribution in [0.4, 0.5) is 5.69 Å². The van der Waals surface area contributed by atoms with Crippen molar-refractivity contribution < 1.29 is 4.74 Å². The zero-order valence-electron chi connectivity index (χ0n) is 11.9. The Hall–Kier alpha value is -0.700. The standard InChI is InChI=1S/C17H22BrNO/c1-20-17-6-5-11(9-15(17)18)19-16-8-10-7-14(16)13-4-2-3-12(10)13/h5-6,9-10,12-14,16,19H,2-4,7-8H2,1H3. The van der Waals surface area contributed by atoms with Gasteiger partial charge < -0.3 is 10.1 Å². The van der Waals surface area contributed by atoms with Crippen molar-refractivity contribution in [1.82, 2.24) is 0 Å². The molecule has 0 aromatic heterocycles. The number of nitrogens with one attached hydrogen (secondary N) is 1. The number of hydrogen-bond acceptors (Lipinski definition) is 2. The van der Waals surface area contributed by atoms with Crippen molar-refractivity contribution in [2.75, 3.05) is 12.4 Å². The second-order valence-electron chi connectivity index (χ2n) is 6.75. The molecule has 4 rings (SSSR count). The summed E-state index contributed by atoms with van der Waals surface area (Å²) in [5, 5.41) is 3.79. The molecule has 0 amide bonds. The molecule has 1 aromatic carbocycles. The molecule has 3 aliphatic carbocycles. The molecule has 2 nitrogen and oxygen atoms in total. The first-order chi connectivity index (χ1) is 9.76. The Labute approximate surface area is 129 Å². The van der Waals surface area contributed by atoms with Gasteiger partial charge in [0.2, 0.25) is 0 Å². The van der Waals surface area contributed by atoms with E-state index in [1.807, 2.05) is 6.07 Å². The topological polar surface area (TPSA) is 21.3 Å². The van der Waals surface area contributed by atoms with Crippen LogP contribution in [0.1, 0.15) is 32.1 Å². The summed E-state index contributed by atoms with van der Waals surface area (Å²) in [6, 6.07) is 7.02. The van der Waals surface area contributed by atoms with Crippen molar-refractivity contribution in [1.29, 1.82) is 0 Å². The van der Waals surface area contributed by atoms with Crippen molar-refractivity contribution in [3.05, 3.63) is 22.7 Å². The van der Waals surface area contributed by atoms with Crippen molar-refractivity contribution in [3.63, 3.8) is 0 Å². The molecular formula is C17H22BrNO. The zero-order valence-corrected chi connectivity index (χ0v) is 13.5. The third kappa shape index (κ3) is 1.97. The first-order valence-corrected chi connectivity index (χ1v) is 8.65. The van der Waals surface area contributed by atoms with Gasteiger partial charge in [0.05, 0.1) is 11.6 Å². The average Bonchev–Trinajstić information content (AvgIpc) is 3.10. The van der Waals surface area contributed by atoms with Crippen LogP contribution in [0, 0.1) is 23.7 Å². The van der Waals surface area contributed by atoms with Gasteiger partial charge >= 0.3 is 0 Å². The van der Waals surface area contributed by atoms with Crippen LogP contribution in [0.3, 0.4) is 0 Å². The number of methoxy groups -OCH3 is 1. The molecule has 0 aliphatic heterocycles. The van der Waals surface area contributed by atoms with E-state index in [2.05, 4.69) is 33.4 Å². The third-order valence-electron chi connectivity index (χ3n) is 5.93. The SMILES string of the molecule is COc1ccc(NC2CC3CC2C2CCCC32)cc1Br. The lowest BCUT2D eigenvalue weighted by Crippen LogP contribution is -2.33. The molecule has 3 aliphatic rings. The predicted octanol–water partition coefficient (Wildman–Crippen LogP) is 4.69. The lowest BCUT2D eigenvalue weighted by Gasteiger charge is -2.32. The van der Waals surface area contributed by atoms with Gasteiger partial charge in [0.1, 0.15) is 5.75 Å². The summed E-state index contributed by atoms with van der Waals surface area (Å²) in [6.45, 7) is 0. The Bertz CT molecular complexity index is 518. The second kappa shape index (κ2) is 4.94. The van der Waals surface area contributed by atoms with Gasteiger partial charge in [-0.25, -0.2) is 0 Å². The Kier molecular flexibility index (Phi) is 3.21. The van der Waals surface area contributed by atoms with E-state index in [1.54, 1.807) is 7.11 Å². The molecular weight excluding hydrogens is 314 g/mol. The molecule has 5 unspecified atom stereocenters. The number of halogens is 1. The van der Waals surface area contributed by atoms with Gasteiger partial charge in [0, 0.05) is 11.7 Å². The summed E-state index contributed by atoms with van der Waals surface area (Å²) in [5.41, 5.74) is 1.23. The summed E-state index contributed by atoms with van der Waals surface area (Å²) in [7, 11) is 1.71. The highest BCUT2D eigenvalue weighted by Gasteiger charge is 2.53. The summed E-state index contributed by atoms with van der Waals surface area (Å²) >= 11 is 3.58. The minimum atomic E-state index is 0.694. The fraction of sp³-hybridized carbons (Fsp3) is 0.647. The lowest BCUT2D eigenvalue weighted by molar-refractivity contribution is 0.243. The van der Waals surface area contributed by atoms with Crippen LogP contribution in [0.25, 0.3) is 0 Å². The van der Waals surface area contributed by atoms with Crippen molar-refractivity contribution >= 4 is 21.6 Å². The van der Waals surface area contributed by atoms with Crippen LogP contribution < -0.4 is 10.1 Å². The molecule has 3 saturated carbocycles. The van der Waals surface area contributed by atoms with E-state index in [0.717, 1.165) is 33.9 Å². The monoisotopic (exact) mass is 335 g/mol. The van der Waals surface area contributed by atoms with Crippen LogP contribution in [0.2, 0.25) is 0 Å². The Morgan fingerprint density at radius 2 is 2.00 bits per heavy atom. The van der Waals surface area contributed by atoms with Gasteiger partial charge in [0.25, 0.3) is 0 Å². The van der Waals surface area contributed by atoms with E-state index >= 15 is 0 Å². The summed E-state index contributed by atoms with van der Waals surface area (Å²) < 4.78 is 6.34. The van der Waals surface area contributed by atoms with Gasteiger partial charge in [-0.15, -0.1) is 0 Å². The Morgan fingerprint density at radius 3 is 2.80 bits per heavy atom. The summed E-state index contributed by atoms with van der Waals surface area (Å²) in [5.74, 6) is 4.92. The van der Waals surface area contributed by atoms with E-state index in [1.165, 1.54) is 37.8 Å². The molecule has 20 heavy (non-hydrogen) atoms. The first kappa shape index (κ1) is 13.0. The highest BCUT2D eigenvalue weighted by molar-refractivity contribution is 9.10. The van der Waals surface area contributed by atoms with Crippen molar-refractivity contribution in [2.45, 2.75) is 38.1 Å². The van der Waals surface area contributed by atoms with E-state index in [4.69, 9.17) is 4.74 Å². The fourth-order valence-corrected chi connectivity index (χ4v) is 5.74. The van der Waals surface area contributed by atoms with Gasteiger partial charge in [-0.1, -0.05) is 6.42 Å². The molecule has 0 saturated heterocycles. The largest absolute Gasteiger partial charge is 0.496 e. The smallest absolute Gasteiger partial charge is 0.133 e. The molecule has 108 valence electrons. The van der Waals surface area contributed by atoms with Crippen molar-refractivity contribution in [3.8, 4) is 5.75 Å². The van der Waals surface area contributed by atoms with E-state index in [-0.39, 0.29) is 0 Å². The molecule has 1 aromatic rings. The van der Waals surface area contributed by atoms with Gasteiger partial charge in [-0.3, -0.25) is 0 Å². The number of anilines is 1. The normalized spacial score (nSPS) is 38.0. The summed E-state index contributed by atoms with van der Waals surface area (Å²) in [6.07, 6.45) is 7.33. The molecule has 0 spiro atoms. The number of rotatable bonds is 3. The van der Waals surface area contributed by atoms with Gasteiger partial charge in [-0.2, -0.15) is 0 Å². The number of fused-ring (bicyclic) bond motifs is 5. The highest BCUT2D eigenvalue weighted by atomic mass is 79.9. The summed E-state index contributed by atoms with van der Waals surface area (Å²) in [4.78, 5) is 0. The van der Waals surface area contributed by atoms with Gasteiger partial charge in [-0.05, 0) is 83.5 Å². The Balaban J connectivity index is 1.49. The number of hydrogen-bond donors (Lipinski definition) is 1. The quantitative estimate of drug-likeness (QED) is 0.864. The van der Waals surface area contributed by atoms with E-state index in [9.17, 15) is 0 Å². The molecule has 5 atom stereocenters. The lowest BCUT2D eigenvalue weighted by atomic mass is 9.79. The molecule has 3 heteroatoms. The number of ether oxygens (including phenoxy) is 1. The first-order valence-electron chi connectivity index (χ1n) is 7.86. The van der Waals surface area contributed by atoms with Crippen LogP contribution in [-0.2, 0) is 0 Å². The highest BCUT2D eigenvalue weighted by Crippen LogP contribution is 2.59.